The summed E-state index contributed by atoms with van der Waals surface area (Å²) in [4.78, 5) is 4.62. The van der Waals surface area contributed by atoms with Gasteiger partial charge in [-0.1, -0.05) is 42.5 Å². The molecule has 2 heterocycles. The minimum atomic E-state index is 0.330. The van der Waals surface area contributed by atoms with E-state index in [9.17, 15) is 0 Å². The largest absolute Gasteiger partial charge is 0.468 e. The average Bonchev–Trinajstić information content (AvgIpc) is 3.14. The van der Waals surface area contributed by atoms with Gasteiger partial charge in [-0.05, 0) is 12.1 Å². The van der Waals surface area contributed by atoms with Gasteiger partial charge >= 0.3 is 0 Å². The van der Waals surface area contributed by atoms with Crippen molar-refractivity contribution in [3.05, 3.63) is 66.6 Å². The lowest BCUT2D eigenvalue weighted by Gasteiger charge is -2.08. The molecule has 0 amide bonds. The van der Waals surface area contributed by atoms with E-state index in [-0.39, 0.29) is 0 Å². The summed E-state index contributed by atoms with van der Waals surface area (Å²) in [5.74, 6) is 2.42. The first-order valence-electron chi connectivity index (χ1n) is 7.22. The van der Waals surface area contributed by atoms with Gasteiger partial charge in [0.05, 0.1) is 12.8 Å². The van der Waals surface area contributed by atoms with Crippen molar-refractivity contribution in [1.82, 2.24) is 0 Å². The van der Waals surface area contributed by atoms with Gasteiger partial charge < -0.3 is 9.73 Å². The number of aliphatic imine (C=N–C) groups is 1. The second-order valence-corrected chi connectivity index (χ2v) is 5.37. The van der Waals surface area contributed by atoms with Crippen LogP contribution in [0.1, 0.15) is 18.1 Å². The van der Waals surface area contributed by atoms with Crippen molar-refractivity contribution in [3.8, 4) is 0 Å². The molecular formula is C18H16N2O. The van der Waals surface area contributed by atoms with E-state index >= 15 is 0 Å². The number of rotatable bonds is 2. The Morgan fingerprint density at radius 2 is 1.81 bits per heavy atom. The Bertz CT molecular complexity index is 789. The highest BCUT2D eigenvalue weighted by atomic mass is 16.3. The van der Waals surface area contributed by atoms with E-state index in [0.29, 0.717) is 5.92 Å². The fourth-order valence-electron chi connectivity index (χ4n) is 2.87. The molecule has 1 aliphatic heterocycles. The van der Waals surface area contributed by atoms with Gasteiger partial charge in [0.25, 0.3) is 0 Å². The van der Waals surface area contributed by atoms with Gasteiger partial charge in [0, 0.05) is 28.8 Å². The highest BCUT2D eigenvalue weighted by Crippen LogP contribution is 2.33. The highest BCUT2D eigenvalue weighted by Gasteiger charge is 2.24. The molecular weight excluding hydrogens is 260 g/mol. The van der Waals surface area contributed by atoms with E-state index in [4.69, 9.17) is 4.42 Å². The number of furan rings is 1. The molecule has 0 aliphatic carbocycles. The van der Waals surface area contributed by atoms with Gasteiger partial charge in [0.2, 0.25) is 0 Å². The smallest absolute Gasteiger partial charge is 0.116 e. The van der Waals surface area contributed by atoms with E-state index < -0.39 is 0 Å². The summed E-state index contributed by atoms with van der Waals surface area (Å²) in [6, 6.07) is 18.5. The number of fused-ring (bicyclic) bond motifs is 1. The van der Waals surface area contributed by atoms with Crippen LogP contribution >= 0.6 is 0 Å². The maximum atomic E-state index is 5.80. The van der Waals surface area contributed by atoms with Gasteiger partial charge in [-0.2, -0.15) is 0 Å². The van der Waals surface area contributed by atoms with Crippen LogP contribution in [0, 0.1) is 0 Å². The second-order valence-electron chi connectivity index (χ2n) is 5.37. The summed E-state index contributed by atoms with van der Waals surface area (Å²) in [7, 11) is 0. The van der Waals surface area contributed by atoms with Crippen molar-refractivity contribution in [2.24, 2.45) is 4.99 Å². The molecule has 0 fully saturated rings. The second kappa shape index (κ2) is 5.09. The molecule has 1 aromatic heterocycles. The molecule has 1 unspecified atom stereocenters. The molecule has 2 aromatic carbocycles. The van der Waals surface area contributed by atoms with Crippen molar-refractivity contribution in [2.75, 3.05) is 11.9 Å². The molecule has 0 saturated carbocycles. The number of nitrogens with one attached hydrogen (secondary N) is 1. The fourth-order valence-corrected chi connectivity index (χ4v) is 2.87. The average molecular weight is 276 g/mol. The van der Waals surface area contributed by atoms with Crippen LogP contribution in [0.25, 0.3) is 10.8 Å². The first-order valence-corrected chi connectivity index (χ1v) is 7.22. The van der Waals surface area contributed by atoms with Crippen LogP contribution < -0.4 is 5.32 Å². The Morgan fingerprint density at radius 1 is 1.00 bits per heavy atom. The maximum Gasteiger partial charge on any atom is 0.116 e. The quantitative estimate of drug-likeness (QED) is 0.751. The van der Waals surface area contributed by atoms with E-state index in [0.717, 1.165) is 35.6 Å². The Labute approximate surface area is 123 Å². The number of benzene rings is 2. The monoisotopic (exact) mass is 276 g/mol. The summed E-state index contributed by atoms with van der Waals surface area (Å²) in [6.45, 7) is 0.784. The Hall–Kier alpha value is -2.55. The fraction of sp³-hybridized carbons (Fsp3) is 0.167. The lowest BCUT2D eigenvalue weighted by Crippen LogP contribution is -2.10. The number of amidine groups is 1. The van der Waals surface area contributed by atoms with Gasteiger partial charge in [0.1, 0.15) is 11.6 Å². The molecule has 104 valence electrons. The first-order chi connectivity index (χ1) is 10.4. The van der Waals surface area contributed by atoms with E-state index in [1.165, 1.54) is 5.39 Å². The molecule has 0 saturated heterocycles. The summed E-state index contributed by atoms with van der Waals surface area (Å²) in [6.07, 6.45) is 2.74. The molecule has 21 heavy (non-hydrogen) atoms. The van der Waals surface area contributed by atoms with Crippen LogP contribution in [-0.2, 0) is 0 Å². The Morgan fingerprint density at radius 3 is 2.71 bits per heavy atom. The number of hydrogen-bond acceptors (Lipinski definition) is 3. The van der Waals surface area contributed by atoms with Gasteiger partial charge in [-0.3, -0.25) is 4.99 Å². The molecule has 1 N–H and O–H groups in total. The molecule has 4 rings (SSSR count). The van der Waals surface area contributed by atoms with E-state index in [2.05, 4.69) is 40.6 Å². The number of anilines is 1. The zero-order valence-electron chi connectivity index (χ0n) is 11.6. The van der Waals surface area contributed by atoms with Crippen molar-refractivity contribution in [2.45, 2.75) is 12.3 Å². The molecule has 0 spiro atoms. The van der Waals surface area contributed by atoms with Crippen molar-refractivity contribution >= 4 is 22.3 Å². The molecule has 1 aliphatic rings. The zero-order chi connectivity index (χ0) is 14.1. The predicted octanol–water partition coefficient (Wildman–Crippen LogP) is 4.43. The standard InChI is InChI=1S/C18H16N2O/c1-2-7-15(8-3-1)20-17-10-14(11-19-17)18-16-9-5-4-6-13(16)12-21-18/h1-9,12,14H,10-11H2,(H,19,20). The van der Waals surface area contributed by atoms with Crippen LogP contribution in [0.4, 0.5) is 5.69 Å². The van der Waals surface area contributed by atoms with Crippen LogP contribution in [0.15, 0.2) is 70.3 Å². The third-order valence-electron chi connectivity index (χ3n) is 3.91. The molecule has 1 atom stereocenters. The first kappa shape index (κ1) is 12.2. The van der Waals surface area contributed by atoms with Crippen molar-refractivity contribution < 1.29 is 4.42 Å². The normalized spacial score (nSPS) is 17.9. The summed E-state index contributed by atoms with van der Waals surface area (Å²) in [5.41, 5.74) is 1.08. The van der Waals surface area contributed by atoms with Gasteiger partial charge in [-0.15, -0.1) is 0 Å². The Balaban J connectivity index is 1.53. The zero-order valence-corrected chi connectivity index (χ0v) is 11.6. The molecule has 3 heteroatoms. The van der Waals surface area contributed by atoms with Crippen LogP contribution in [0.2, 0.25) is 0 Å². The van der Waals surface area contributed by atoms with Gasteiger partial charge in [-0.25, -0.2) is 0 Å². The molecule has 3 nitrogen and oxygen atoms in total. The molecule has 3 aromatic rings. The van der Waals surface area contributed by atoms with Crippen molar-refractivity contribution in [3.63, 3.8) is 0 Å². The van der Waals surface area contributed by atoms with Gasteiger partial charge in [0.15, 0.2) is 0 Å². The SMILES string of the molecule is c1ccc(NC2=NCC(c3occ4ccccc34)C2)cc1. The highest BCUT2D eigenvalue weighted by molar-refractivity contribution is 5.97. The lowest BCUT2D eigenvalue weighted by molar-refractivity contribution is 0.482. The summed E-state index contributed by atoms with van der Waals surface area (Å²) < 4.78 is 5.80. The van der Waals surface area contributed by atoms with E-state index in [1.807, 2.05) is 30.5 Å². The number of nitrogens with zero attached hydrogens (tertiary/aromatic N) is 1. The minimum absolute atomic E-state index is 0.330. The topological polar surface area (TPSA) is 37.5 Å². The maximum absolute atomic E-state index is 5.80. The number of hydrogen-bond donors (Lipinski definition) is 1. The minimum Gasteiger partial charge on any atom is -0.468 e. The van der Waals surface area contributed by atoms with Crippen molar-refractivity contribution in [1.29, 1.82) is 0 Å². The summed E-state index contributed by atoms with van der Waals surface area (Å²) in [5, 5.41) is 5.76. The van der Waals surface area contributed by atoms with Crippen LogP contribution in [0.3, 0.4) is 0 Å². The third-order valence-corrected chi connectivity index (χ3v) is 3.91. The number of para-hydroxylation sites is 1. The molecule has 0 bridgehead atoms. The lowest BCUT2D eigenvalue weighted by atomic mass is 10.0. The Kier molecular flexibility index (Phi) is 2.96. The predicted molar refractivity (Wildman–Crippen MR) is 85.9 cm³/mol. The third kappa shape index (κ3) is 2.31. The van der Waals surface area contributed by atoms with Crippen LogP contribution in [-0.4, -0.2) is 12.4 Å². The van der Waals surface area contributed by atoms with E-state index in [1.54, 1.807) is 0 Å². The summed E-state index contributed by atoms with van der Waals surface area (Å²) >= 11 is 0. The molecule has 0 radical (unpaired) electrons. The van der Waals surface area contributed by atoms with Crippen LogP contribution in [0.5, 0.6) is 0 Å².